The van der Waals surface area contributed by atoms with Crippen LogP contribution in [0, 0.1) is 0 Å². The summed E-state index contributed by atoms with van der Waals surface area (Å²) in [5.74, 6) is 1.85. The van der Waals surface area contributed by atoms with Crippen molar-refractivity contribution >= 4 is 32.7 Å². The van der Waals surface area contributed by atoms with E-state index >= 15 is 0 Å². The normalized spacial score (nSPS) is 11.9. The van der Waals surface area contributed by atoms with Gasteiger partial charge in [-0.15, -0.1) is 0 Å². The summed E-state index contributed by atoms with van der Waals surface area (Å²) in [6.07, 6.45) is 0. The fraction of sp³-hybridized carbons (Fsp3) is 0. The lowest BCUT2D eigenvalue weighted by atomic mass is 10.0. The van der Waals surface area contributed by atoms with E-state index in [9.17, 15) is 0 Å². The summed E-state index contributed by atoms with van der Waals surface area (Å²) in [6, 6.07) is 43.8. The fourth-order valence-electron chi connectivity index (χ4n) is 6.18. The Morgan fingerprint density at radius 2 is 0.976 bits per heavy atom. The Balaban J connectivity index is 1.28. The molecule has 0 radical (unpaired) electrons. The van der Waals surface area contributed by atoms with E-state index in [4.69, 9.17) is 19.4 Å². The molecule has 41 heavy (non-hydrogen) atoms. The first-order valence-electron chi connectivity index (χ1n) is 13.7. The SMILES string of the molecule is c1ccc(-c2nc(-c3ccccc3)nc(-c3cccc4c3oc3cc5c(cc34)-c3cccc4cccc-5c34)n2)cc1. The first-order chi connectivity index (χ1) is 20.3. The van der Waals surface area contributed by atoms with Gasteiger partial charge in [0.25, 0.3) is 0 Å². The van der Waals surface area contributed by atoms with Crippen LogP contribution in [0.3, 0.4) is 0 Å². The summed E-state index contributed by atoms with van der Waals surface area (Å²) >= 11 is 0. The van der Waals surface area contributed by atoms with Crippen LogP contribution < -0.4 is 0 Å². The molecule has 0 amide bonds. The van der Waals surface area contributed by atoms with Crippen LogP contribution in [-0.4, -0.2) is 15.0 Å². The zero-order valence-electron chi connectivity index (χ0n) is 21.9. The van der Waals surface area contributed by atoms with E-state index in [0.29, 0.717) is 17.5 Å². The van der Waals surface area contributed by atoms with Crippen molar-refractivity contribution in [3.63, 3.8) is 0 Å². The summed E-state index contributed by atoms with van der Waals surface area (Å²) in [6.45, 7) is 0. The largest absolute Gasteiger partial charge is 0.455 e. The lowest BCUT2D eigenvalue weighted by Gasteiger charge is -2.08. The van der Waals surface area contributed by atoms with Gasteiger partial charge >= 0.3 is 0 Å². The molecule has 0 unspecified atom stereocenters. The van der Waals surface area contributed by atoms with E-state index in [1.165, 1.54) is 33.0 Å². The average Bonchev–Trinajstić information content (AvgIpc) is 3.57. The molecule has 4 nitrogen and oxygen atoms in total. The molecular formula is C37H21N3O. The molecule has 9 rings (SSSR count). The number of rotatable bonds is 3. The van der Waals surface area contributed by atoms with Crippen LogP contribution >= 0.6 is 0 Å². The van der Waals surface area contributed by atoms with E-state index in [2.05, 4.69) is 60.7 Å². The van der Waals surface area contributed by atoms with Crippen LogP contribution in [0.4, 0.5) is 0 Å². The molecule has 0 N–H and O–H groups in total. The number of nitrogens with zero attached hydrogens (tertiary/aromatic N) is 3. The highest BCUT2D eigenvalue weighted by molar-refractivity contribution is 6.19. The van der Waals surface area contributed by atoms with E-state index in [1.807, 2.05) is 66.7 Å². The van der Waals surface area contributed by atoms with Crippen LogP contribution in [0.1, 0.15) is 0 Å². The Labute approximate surface area is 235 Å². The number of hydrogen-bond donors (Lipinski definition) is 0. The minimum absolute atomic E-state index is 0.588. The standard InChI is InChI=1S/C37H21N3O/c1-3-10-23(11-4-1)35-38-36(24-12-5-2-6-13-24)40-37(39-35)28-19-9-18-27-31-20-29-25-16-7-14-22-15-8-17-26(33(22)25)30(29)21-32(31)41-34(27)28/h1-21H. The molecule has 4 heteroatoms. The smallest absolute Gasteiger partial charge is 0.167 e. The average molecular weight is 524 g/mol. The number of furan rings is 1. The number of benzene rings is 6. The lowest BCUT2D eigenvalue weighted by Crippen LogP contribution is -2.00. The molecular weight excluding hydrogens is 502 g/mol. The molecule has 0 spiro atoms. The van der Waals surface area contributed by atoms with Gasteiger partial charge < -0.3 is 4.42 Å². The van der Waals surface area contributed by atoms with Crippen LogP contribution in [0.25, 0.3) is 89.1 Å². The van der Waals surface area contributed by atoms with Gasteiger partial charge in [-0.2, -0.15) is 0 Å². The maximum atomic E-state index is 6.65. The zero-order chi connectivity index (χ0) is 26.9. The van der Waals surface area contributed by atoms with E-state index < -0.39 is 0 Å². The summed E-state index contributed by atoms with van der Waals surface area (Å²) in [4.78, 5) is 14.8. The van der Waals surface area contributed by atoms with Crippen molar-refractivity contribution in [1.82, 2.24) is 15.0 Å². The predicted octanol–water partition coefficient (Wildman–Crippen LogP) is 9.57. The van der Waals surface area contributed by atoms with E-state index in [0.717, 1.165) is 38.6 Å². The highest BCUT2D eigenvalue weighted by atomic mass is 16.3. The van der Waals surface area contributed by atoms with Crippen LogP contribution in [0.2, 0.25) is 0 Å². The number of para-hydroxylation sites is 1. The Hall–Kier alpha value is -5.61. The second-order valence-electron chi connectivity index (χ2n) is 10.4. The molecule has 8 aromatic rings. The highest BCUT2D eigenvalue weighted by Gasteiger charge is 2.24. The van der Waals surface area contributed by atoms with Gasteiger partial charge in [-0.05, 0) is 51.2 Å². The van der Waals surface area contributed by atoms with Gasteiger partial charge in [0.1, 0.15) is 11.2 Å². The summed E-state index contributed by atoms with van der Waals surface area (Å²) in [5, 5.41) is 4.71. The van der Waals surface area contributed by atoms with Gasteiger partial charge in [-0.1, -0.05) is 109 Å². The van der Waals surface area contributed by atoms with Crippen LogP contribution in [0.5, 0.6) is 0 Å². The van der Waals surface area contributed by atoms with Crippen molar-refractivity contribution in [2.75, 3.05) is 0 Å². The van der Waals surface area contributed by atoms with Gasteiger partial charge in [0, 0.05) is 21.9 Å². The maximum Gasteiger partial charge on any atom is 0.167 e. The van der Waals surface area contributed by atoms with E-state index in [1.54, 1.807) is 0 Å². The monoisotopic (exact) mass is 523 g/mol. The van der Waals surface area contributed by atoms with Gasteiger partial charge in [0.2, 0.25) is 0 Å². The van der Waals surface area contributed by atoms with E-state index in [-0.39, 0.29) is 0 Å². The van der Waals surface area contributed by atoms with Crippen molar-refractivity contribution in [3.8, 4) is 56.4 Å². The molecule has 1 aliphatic rings. The summed E-state index contributed by atoms with van der Waals surface area (Å²) < 4.78 is 6.65. The van der Waals surface area contributed by atoms with Gasteiger partial charge in [-0.25, -0.2) is 15.0 Å². The third kappa shape index (κ3) is 3.31. The second-order valence-corrected chi connectivity index (χ2v) is 10.4. The maximum absolute atomic E-state index is 6.65. The highest BCUT2D eigenvalue weighted by Crippen LogP contribution is 2.50. The molecule has 2 heterocycles. The predicted molar refractivity (Wildman–Crippen MR) is 165 cm³/mol. The summed E-state index contributed by atoms with van der Waals surface area (Å²) in [5.41, 5.74) is 9.35. The molecule has 0 bridgehead atoms. The van der Waals surface area contributed by atoms with Crippen molar-refractivity contribution in [2.24, 2.45) is 0 Å². The molecule has 0 saturated heterocycles. The quantitative estimate of drug-likeness (QED) is 0.231. The van der Waals surface area contributed by atoms with Gasteiger partial charge in [-0.3, -0.25) is 0 Å². The van der Waals surface area contributed by atoms with Crippen molar-refractivity contribution in [1.29, 1.82) is 0 Å². The molecule has 2 aromatic heterocycles. The molecule has 0 saturated carbocycles. The Bertz CT molecular complexity index is 2240. The molecule has 0 fully saturated rings. The Morgan fingerprint density at radius 1 is 0.415 bits per heavy atom. The number of fused-ring (bicyclic) bond motifs is 6. The van der Waals surface area contributed by atoms with Crippen molar-refractivity contribution in [2.45, 2.75) is 0 Å². The zero-order valence-corrected chi connectivity index (χ0v) is 21.9. The minimum atomic E-state index is 0.588. The molecule has 6 aromatic carbocycles. The third-order valence-corrected chi connectivity index (χ3v) is 8.06. The molecule has 1 aliphatic carbocycles. The molecule has 0 atom stereocenters. The number of hydrogen-bond acceptors (Lipinski definition) is 4. The molecule has 0 aliphatic heterocycles. The Morgan fingerprint density at radius 3 is 1.63 bits per heavy atom. The van der Waals surface area contributed by atoms with Crippen LogP contribution in [-0.2, 0) is 0 Å². The van der Waals surface area contributed by atoms with Crippen molar-refractivity contribution in [3.05, 3.63) is 127 Å². The molecule has 190 valence electrons. The lowest BCUT2D eigenvalue weighted by molar-refractivity contribution is 0.669. The topological polar surface area (TPSA) is 51.8 Å². The second kappa shape index (κ2) is 8.44. The third-order valence-electron chi connectivity index (χ3n) is 8.06. The van der Waals surface area contributed by atoms with Crippen LogP contribution in [0.15, 0.2) is 132 Å². The van der Waals surface area contributed by atoms with Crippen molar-refractivity contribution < 1.29 is 4.42 Å². The summed E-state index contributed by atoms with van der Waals surface area (Å²) in [7, 11) is 0. The first kappa shape index (κ1) is 22.2. The van der Waals surface area contributed by atoms with Gasteiger partial charge in [0.05, 0.1) is 5.56 Å². The number of aromatic nitrogens is 3. The fourth-order valence-corrected chi connectivity index (χ4v) is 6.18. The Kier molecular flexibility index (Phi) is 4.58. The first-order valence-corrected chi connectivity index (χ1v) is 13.7. The minimum Gasteiger partial charge on any atom is -0.455 e. The van der Waals surface area contributed by atoms with Gasteiger partial charge in [0.15, 0.2) is 17.5 Å².